The summed E-state index contributed by atoms with van der Waals surface area (Å²) in [7, 11) is 0. The zero-order valence-corrected chi connectivity index (χ0v) is 16.2. The van der Waals surface area contributed by atoms with Gasteiger partial charge in [0.05, 0.1) is 22.3 Å². The Morgan fingerprint density at radius 1 is 1.04 bits per heavy atom. The van der Waals surface area contributed by atoms with Crippen molar-refractivity contribution in [3.63, 3.8) is 0 Å². The minimum Gasteiger partial charge on any atom is -0.267 e. The van der Waals surface area contributed by atoms with Gasteiger partial charge in [-0.1, -0.05) is 25.1 Å². The number of pyridine rings is 1. The van der Waals surface area contributed by atoms with Crippen molar-refractivity contribution >= 4 is 40.4 Å². The average Bonchev–Trinajstić information content (AvgIpc) is 2.98. The molecule has 0 fully saturated rings. The maximum Gasteiger partial charge on any atom is 0.282 e. The number of hydrazine groups is 1. The number of carbonyl (C=O) groups is 3. The molecule has 1 N–H and O–H groups in total. The highest BCUT2D eigenvalue weighted by Crippen LogP contribution is 2.31. The van der Waals surface area contributed by atoms with E-state index in [1.807, 2.05) is 31.4 Å². The SMILES string of the molecule is CCc1nc2ccccc2c2c1C(=O)N(NC(=O)c1ccc(SC)cc1)C2=O. The summed E-state index contributed by atoms with van der Waals surface area (Å²) < 4.78 is 0. The van der Waals surface area contributed by atoms with Crippen molar-refractivity contribution in [2.75, 3.05) is 6.26 Å². The summed E-state index contributed by atoms with van der Waals surface area (Å²) in [4.78, 5) is 44.1. The molecule has 0 unspecified atom stereocenters. The zero-order chi connectivity index (χ0) is 19.8. The smallest absolute Gasteiger partial charge is 0.267 e. The molecular weight excluding hydrogens is 374 g/mol. The number of fused-ring (bicyclic) bond motifs is 3. The lowest BCUT2D eigenvalue weighted by molar-refractivity contribution is 0.0518. The fourth-order valence-corrected chi connectivity index (χ4v) is 3.71. The van der Waals surface area contributed by atoms with Crippen LogP contribution in [0.1, 0.15) is 43.7 Å². The number of benzene rings is 2. The quantitative estimate of drug-likeness (QED) is 0.544. The summed E-state index contributed by atoms with van der Waals surface area (Å²) in [5, 5.41) is 1.40. The zero-order valence-electron chi connectivity index (χ0n) is 15.4. The second-order valence-electron chi connectivity index (χ2n) is 6.29. The number of imide groups is 1. The lowest BCUT2D eigenvalue weighted by Gasteiger charge is -2.15. The summed E-state index contributed by atoms with van der Waals surface area (Å²) in [6.45, 7) is 1.88. The molecule has 3 amide bonds. The Hall–Kier alpha value is -3.19. The largest absolute Gasteiger partial charge is 0.282 e. The number of thioether (sulfide) groups is 1. The van der Waals surface area contributed by atoms with Crippen LogP contribution in [0.2, 0.25) is 0 Å². The van der Waals surface area contributed by atoms with Gasteiger partial charge in [-0.15, -0.1) is 11.8 Å². The van der Waals surface area contributed by atoms with Crippen molar-refractivity contribution in [2.45, 2.75) is 18.2 Å². The van der Waals surface area contributed by atoms with E-state index in [0.717, 1.165) is 9.90 Å². The van der Waals surface area contributed by atoms with Crippen LogP contribution in [-0.4, -0.2) is 34.0 Å². The van der Waals surface area contributed by atoms with Crippen LogP contribution >= 0.6 is 11.8 Å². The fourth-order valence-electron chi connectivity index (χ4n) is 3.30. The van der Waals surface area contributed by atoms with Gasteiger partial charge in [-0.25, -0.2) is 0 Å². The van der Waals surface area contributed by atoms with Gasteiger partial charge < -0.3 is 0 Å². The number of amides is 3. The highest BCUT2D eigenvalue weighted by atomic mass is 32.2. The molecule has 0 bridgehead atoms. The molecule has 0 aliphatic carbocycles. The molecule has 1 aliphatic rings. The van der Waals surface area contributed by atoms with Crippen LogP contribution in [0.3, 0.4) is 0 Å². The molecule has 7 heteroatoms. The minimum atomic E-state index is -0.552. The molecule has 28 heavy (non-hydrogen) atoms. The summed E-state index contributed by atoms with van der Waals surface area (Å²) in [5.74, 6) is -1.61. The number of hydrogen-bond donors (Lipinski definition) is 1. The third-order valence-electron chi connectivity index (χ3n) is 4.70. The molecule has 4 rings (SSSR count). The van der Waals surface area contributed by atoms with Crippen LogP contribution in [0, 0.1) is 0 Å². The number of para-hydroxylation sites is 1. The van der Waals surface area contributed by atoms with Crippen molar-refractivity contribution in [1.82, 2.24) is 15.4 Å². The van der Waals surface area contributed by atoms with Gasteiger partial charge in [0.15, 0.2) is 0 Å². The van der Waals surface area contributed by atoms with E-state index in [1.54, 1.807) is 42.1 Å². The summed E-state index contributed by atoms with van der Waals surface area (Å²) in [6.07, 6.45) is 2.45. The van der Waals surface area contributed by atoms with Crippen LogP contribution < -0.4 is 5.43 Å². The van der Waals surface area contributed by atoms with Crippen molar-refractivity contribution in [2.24, 2.45) is 0 Å². The number of hydrogen-bond acceptors (Lipinski definition) is 5. The van der Waals surface area contributed by atoms with E-state index < -0.39 is 17.7 Å². The first kappa shape index (κ1) is 18.2. The third kappa shape index (κ3) is 2.84. The standard InChI is InChI=1S/C21H17N3O3S/c1-3-15-18-17(14-6-4-5-7-16(14)22-15)20(26)24(21(18)27)23-19(25)12-8-10-13(28-2)11-9-12/h4-11H,3H2,1-2H3,(H,23,25). The number of aromatic nitrogens is 1. The molecular formula is C21H17N3O3S. The molecule has 0 spiro atoms. The highest BCUT2D eigenvalue weighted by Gasteiger charge is 2.40. The number of aryl methyl sites for hydroxylation is 1. The molecule has 2 heterocycles. The molecule has 0 atom stereocenters. The first-order chi connectivity index (χ1) is 13.5. The first-order valence-electron chi connectivity index (χ1n) is 8.80. The maximum absolute atomic E-state index is 13.0. The number of carbonyl (C=O) groups excluding carboxylic acids is 3. The van der Waals surface area contributed by atoms with Gasteiger partial charge in [-0.05, 0) is 43.0 Å². The Kier molecular flexibility index (Phi) is 4.60. The lowest BCUT2D eigenvalue weighted by Crippen LogP contribution is -2.46. The van der Waals surface area contributed by atoms with E-state index >= 15 is 0 Å². The molecule has 1 aromatic heterocycles. The van der Waals surface area contributed by atoms with Gasteiger partial charge in [0.25, 0.3) is 17.7 Å². The third-order valence-corrected chi connectivity index (χ3v) is 5.45. The predicted molar refractivity (Wildman–Crippen MR) is 107 cm³/mol. The molecule has 0 saturated carbocycles. The Labute approximate surface area is 165 Å². The van der Waals surface area contributed by atoms with E-state index in [4.69, 9.17) is 0 Å². The van der Waals surface area contributed by atoms with Crippen molar-refractivity contribution in [1.29, 1.82) is 0 Å². The van der Waals surface area contributed by atoms with Crippen LogP contribution in [-0.2, 0) is 6.42 Å². The molecule has 140 valence electrons. The topological polar surface area (TPSA) is 79.4 Å². The predicted octanol–water partition coefficient (Wildman–Crippen LogP) is 3.46. The van der Waals surface area contributed by atoms with Crippen molar-refractivity contribution in [3.05, 3.63) is 70.9 Å². The van der Waals surface area contributed by atoms with Gasteiger partial charge in [-0.2, -0.15) is 5.01 Å². The summed E-state index contributed by atoms with van der Waals surface area (Å²) in [6, 6.07) is 14.1. The van der Waals surface area contributed by atoms with E-state index in [0.29, 0.717) is 34.1 Å². The van der Waals surface area contributed by atoms with E-state index in [1.165, 1.54) is 0 Å². The van der Waals surface area contributed by atoms with Gasteiger partial charge in [0.1, 0.15) is 0 Å². The van der Waals surface area contributed by atoms with Gasteiger partial charge >= 0.3 is 0 Å². The van der Waals surface area contributed by atoms with Crippen LogP contribution in [0.5, 0.6) is 0 Å². The Morgan fingerprint density at radius 2 is 1.71 bits per heavy atom. The van der Waals surface area contributed by atoms with E-state index in [-0.39, 0.29) is 5.56 Å². The number of nitrogens with one attached hydrogen (secondary N) is 1. The average molecular weight is 391 g/mol. The molecule has 1 aliphatic heterocycles. The second-order valence-corrected chi connectivity index (χ2v) is 7.17. The second kappa shape index (κ2) is 7.09. The Balaban J connectivity index is 1.72. The maximum atomic E-state index is 13.0. The molecule has 3 aromatic rings. The Bertz CT molecular complexity index is 1130. The van der Waals surface area contributed by atoms with Crippen LogP contribution in [0.25, 0.3) is 10.9 Å². The van der Waals surface area contributed by atoms with E-state index in [9.17, 15) is 14.4 Å². The van der Waals surface area contributed by atoms with Gasteiger partial charge in [-0.3, -0.25) is 24.8 Å². The molecule has 6 nitrogen and oxygen atoms in total. The highest BCUT2D eigenvalue weighted by molar-refractivity contribution is 7.98. The van der Waals surface area contributed by atoms with Crippen LogP contribution in [0.15, 0.2) is 53.4 Å². The molecule has 0 radical (unpaired) electrons. The minimum absolute atomic E-state index is 0.268. The summed E-state index contributed by atoms with van der Waals surface area (Å²) in [5.41, 5.74) is 4.59. The number of nitrogens with zero attached hydrogens (tertiary/aromatic N) is 2. The molecule has 2 aromatic carbocycles. The normalized spacial score (nSPS) is 13.1. The summed E-state index contributed by atoms with van der Waals surface area (Å²) >= 11 is 1.56. The van der Waals surface area contributed by atoms with Gasteiger partial charge in [0, 0.05) is 15.8 Å². The monoisotopic (exact) mass is 391 g/mol. The van der Waals surface area contributed by atoms with Crippen molar-refractivity contribution < 1.29 is 14.4 Å². The first-order valence-corrected chi connectivity index (χ1v) is 10.0. The van der Waals surface area contributed by atoms with Gasteiger partial charge in [0.2, 0.25) is 0 Å². The fraction of sp³-hybridized carbons (Fsp3) is 0.143. The Morgan fingerprint density at radius 3 is 2.39 bits per heavy atom. The van der Waals surface area contributed by atoms with E-state index in [2.05, 4.69) is 10.4 Å². The molecule has 0 saturated heterocycles. The number of rotatable bonds is 4. The van der Waals surface area contributed by atoms with Crippen LogP contribution in [0.4, 0.5) is 0 Å². The lowest BCUT2D eigenvalue weighted by atomic mass is 10.0. The van der Waals surface area contributed by atoms with Crippen molar-refractivity contribution in [3.8, 4) is 0 Å².